The van der Waals surface area contributed by atoms with Crippen LogP contribution in [0.25, 0.3) is 0 Å². The van der Waals surface area contributed by atoms with Crippen molar-refractivity contribution in [3.63, 3.8) is 0 Å². The lowest BCUT2D eigenvalue weighted by Crippen LogP contribution is -2.49. The van der Waals surface area contributed by atoms with E-state index >= 15 is 0 Å². The van der Waals surface area contributed by atoms with E-state index in [0.717, 1.165) is 12.0 Å². The van der Waals surface area contributed by atoms with Gasteiger partial charge in [-0.15, -0.1) is 0 Å². The minimum absolute atomic E-state index is 0.0601. The lowest BCUT2D eigenvalue weighted by atomic mass is 9.96. The second-order valence-corrected chi connectivity index (χ2v) is 10.4. The molecular formula is C24H31N3O4S. The summed E-state index contributed by atoms with van der Waals surface area (Å²) in [7, 11) is -3.75. The molecule has 2 aromatic rings. The number of amides is 2. The van der Waals surface area contributed by atoms with Crippen molar-refractivity contribution in [2.24, 2.45) is 5.92 Å². The van der Waals surface area contributed by atoms with Crippen molar-refractivity contribution in [3.8, 4) is 0 Å². The topological polar surface area (TPSA) is 86.8 Å². The van der Waals surface area contributed by atoms with E-state index in [4.69, 9.17) is 0 Å². The number of nitrogens with one attached hydrogen (secondary N) is 1. The van der Waals surface area contributed by atoms with Gasteiger partial charge in [0.25, 0.3) is 5.91 Å². The van der Waals surface area contributed by atoms with Gasteiger partial charge in [-0.1, -0.05) is 50.2 Å². The fraction of sp³-hybridized carbons (Fsp3) is 0.417. The van der Waals surface area contributed by atoms with Crippen molar-refractivity contribution < 1.29 is 18.0 Å². The average Bonchev–Trinajstić information content (AvgIpc) is 2.79. The SMILES string of the molecule is CC(=O)N1CCN(S(=O)(=O)c2cccc(C(=O)NC(CC(C)C)c3ccccc3)c2)CC1. The molecule has 0 aromatic heterocycles. The Bertz CT molecular complexity index is 1050. The molecular weight excluding hydrogens is 426 g/mol. The van der Waals surface area contributed by atoms with Gasteiger partial charge in [-0.3, -0.25) is 9.59 Å². The molecule has 1 atom stereocenters. The summed E-state index contributed by atoms with van der Waals surface area (Å²) < 4.78 is 27.6. The van der Waals surface area contributed by atoms with Crippen LogP contribution in [0.5, 0.6) is 0 Å². The Kier molecular flexibility index (Phi) is 7.69. The van der Waals surface area contributed by atoms with Crippen LogP contribution in [0.4, 0.5) is 0 Å². The van der Waals surface area contributed by atoms with Crippen molar-refractivity contribution in [1.82, 2.24) is 14.5 Å². The Morgan fingerprint density at radius 3 is 2.22 bits per heavy atom. The highest BCUT2D eigenvalue weighted by molar-refractivity contribution is 7.89. The van der Waals surface area contributed by atoms with E-state index < -0.39 is 10.0 Å². The number of piperazine rings is 1. The fourth-order valence-corrected chi connectivity index (χ4v) is 5.34. The van der Waals surface area contributed by atoms with Crippen LogP contribution < -0.4 is 5.32 Å². The lowest BCUT2D eigenvalue weighted by molar-refractivity contribution is -0.129. The van der Waals surface area contributed by atoms with Crippen molar-refractivity contribution in [3.05, 3.63) is 65.7 Å². The van der Waals surface area contributed by atoms with Crippen molar-refractivity contribution in [2.45, 2.75) is 38.1 Å². The molecule has 1 aliphatic heterocycles. The van der Waals surface area contributed by atoms with Gasteiger partial charge in [0.1, 0.15) is 0 Å². The molecule has 1 fully saturated rings. The minimum Gasteiger partial charge on any atom is -0.345 e. The largest absolute Gasteiger partial charge is 0.345 e. The number of benzene rings is 2. The molecule has 32 heavy (non-hydrogen) atoms. The Labute approximate surface area is 190 Å². The van der Waals surface area contributed by atoms with Gasteiger partial charge >= 0.3 is 0 Å². The van der Waals surface area contributed by atoms with E-state index in [2.05, 4.69) is 19.2 Å². The first-order valence-corrected chi connectivity index (χ1v) is 12.3. The first kappa shape index (κ1) is 23.9. The van der Waals surface area contributed by atoms with Crippen molar-refractivity contribution in [2.75, 3.05) is 26.2 Å². The molecule has 0 radical (unpaired) electrons. The highest BCUT2D eigenvalue weighted by atomic mass is 32.2. The summed E-state index contributed by atoms with van der Waals surface area (Å²) in [4.78, 5) is 26.3. The molecule has 0 bridgehead atoms. The normalized spacial score (nSPS) is 16.1. The molecule has 8 heteroatoms. The van der Waals surface area contributed by atoms with Crippen LogP contribution in [0.1, 0.15) is 49.2 Å². The summed E-state index contributed by atoms with van der Waals surface area (Å²) in [5, 5.41) is 3.07. The average molecular weight is 458 g/mol. The Hall–Kier alpha value is -2.71. The number of rotatable bonds is 7. The first-order chi connectivity index (χ1) is 15.2. The van der Waals surface area contributed by atoms with Crippen LogP contribution in [0.15, 0.2) is 59.5 Å². The van der Waals surface area contributed by atoms with Gasteiger partial charge in [-0.2, -0.15) is 4.31 Å². The summed E-state index contributed by atoms with van der Waals surface area (Å²) in [6.45, 7) is 6.88. The van der Waals surface area contributed by atoms with E-state index in [0.29, 0.717) is 24.6 Å². The highest BCUT2D eigenvalue weighted by Crippen LogP contribution is 2.23. The smallest absolute Gasteiger partial charge is 0.251 e. The predicted molar refractivity (Wildman–Crippen MR) is 124 cm³/mol. The summed E-state index contributed by atoms with van der Waals surface area (Å²) in [6.07, 6.45) is 0.772. The Morgan fingerprint density at radius 2 is 1.62 bits per heavy atom. The van der Waals surface area contributed by atoms with E-state index in [9.17, 15) is 18.0 Å². The molecule has 0 aliphatic carbocycles. The molecule has 1 saturated heterocycles. The third-order valence-corrected chi connectivity index (χ3v) is 7.53. The Balaban J connectivity index is 1.77. The van der Waals surface area contributed by atoms with Crippen molar-refractivity contribution in [1.29, 1.82) is 0 Å². The first-order valence-electron chi connectivity index (χ1n) is 10.9. The van der Waals surface area contributed by atoms with E-state index in [1.165, 1.54) is 23.4 Å². The van der Waals surface area contributed by atoms with Crippen molar-refractivity contribution >= 4 is 21.8 Å². The van der Waals surface area contributed by atoms with Crippen LogP contribution in [0, 0.1) is 5.92 Å². The predicted octanol–water partition coefficient (Wildman–Crippen LogP) is 3.06. The standard InChI is InChI=1S/C24H31N3O4S/c1-18(2)16-23(20-8-5-4-6-9-20)25-24(29)21-10-7-11-22(17-21)32(30,31)27-14-12-26(13-15-27)19(3)28/h4-11,17-18,23H,12-16H2,1-3H3,(H,25,29). The molecule has 2 amide bonds. The third kappa shape index (κ3) is 5.75. The Morgan fingerprint density at radius 1 is 0.969 bits per heavy atom. The molecule has 1 aliphatic rings. The second-order valence-electron chi connectivity index (χ2n) is 8.50. The molecule has 7 nitrogen and oxygen atoms in total. The lowest BCUT2D eigenvalue weighted by Gasteiger charge is -2.33. The van der Waals surface area contributed by atoms with Gasteiger partial charge in [0.15, 0.2) is 0 Å². The molecule has 172 valence electrons. The van der Waals surface area contributed by atoms with Crippen LogP contribution >= 0.6 is 0 Å². The molecule has 1 heterocycles. The van der Waals surface area contributed by atoms with Crippen LogP contribution in [0.3, 0.4) is 0 Å². The van der Waals surface area contributed by atoms with Gasteiger partial charge in [0, 0.05) is 38.7 Å². The molecule has 1 unspecified atom stereocenters. The number of carbonyl (C=O) groups is 2. The quantitative estimate of drug-likeness (QED) is 0.692. The summed E-state index contributed by atoms with van der Waals surface area (Å²) >= 11 is 0. The number of nitrogens with zero attached hydrogens (tertiary/aromatic N) is 2. The zero-order valence-electron chi connectivity index (χ0n) is 18.8. The monoisotopic (exact) mass is 457 g/mol. The third-order valence-electron chi connectivity index (χ3n) is 5.63. The zero-order chi connectivity index (χ0) is 23.3. The van der Waals surface area contributed by atoms with E-state index in [-0.39, 0.29) is 35.8 Å². The summed E-state index contributed by atoms with van der Waals surface area (Å²) in [6, 6.07) is 15.8. The molecule has 1 N–H and O–H groups in total. The van der Waals surface area contributed by atoms with E-state index in [1.54, 1.807) is 17.0 Å². The highest BCUT2D eigenvalue weighted by Gasteiger charge is 2.30. The number of hydrogen-bond donors (Lipinski definition) is 1. The fourth-order valence-electron chi connectivity index (χ4n) is 3.87. The molecule has 0 saturated carbocycles. The van der Waals surface area contributed by atoms with E-state index in [1.807, 2.05) is 30.3 Å². The van der Waals surface area contributed by atoms with Crippen LogP contribution in [0.2, 0.25) is 0 Å². The summed E-state index contributed by atoms with van der Waals surface area (Å²) in [5.74, 6) is 0.00826. The maximum atomic E-state index is 13.1. The number of hydrogen-bond acceptors (Lipinski definition) is 4. The summed E-state index contributed by atoms with van der Waals surface area (Å²) in [5.41, 5.74) is 1.32. The molecule has 3 rings (SSSR count). The maximum Gasteiger partial charge on any atom is 0.251 e. The van der Waals surface area contributed by atoms with Gasteiger partial charge in [0.05, 0.1) is 10.9 Å². The molecule has 0 spiro atoms. The minimum atomic E-state index is -3.75. The molecule has 2 aromatic carbocycles. The number of sulfonamides is 1. The van der Waals surface area contributed by atoms with Crippen LogP contribution in [-0.2, 0) is 14.8 Å². The zero-order valence-corrected chi connectivity index (χ0v) is 19.6. The van der Waals surface area contributed by atoms with Gasteiger partial charge in [-0.05, 0) is 36.1 Å². The van der Waals surface area contributed by atoms with Crippen LogP contribution in [-0.4, -0.2) is 55.6 Å². The van der Waals surface area contributed by atoms with Gasteiger partial charge in [-0.25, -0.2) is 8.42 Å². The maximum absolute atomic E-state index is 13.1. The van der Waals surface area contributed by atoms with Gasteiger partial charge in [0.2, 0.25) is 15.9 Å². The number of carbonyl (C=O) groups excluding carboxylic acids is 2. The van der Waals surface area contributed by atoms with Gasteiger partial charge < -0.3 is 10.2 Å². The second kappa shape index (κ2) is 10.3.